The summed E-state index contributed by atoms with van der Waals surface area (Å²) in [5, 5.41) is 0. The van der Waals surface area contributed by atoms with Crippen LogP contribution >= 0.6 is 0 Å². The number of fused-ring (bicyclic) bond motifs is 1. The molecule has 1 aromatic rings. The van der Waals surface area contributed by atoms with Crippen molar-refractivity contribution in [2.24, 2.45) is 0 Å². The standard InChI is InChI=1S/C14H19NO/c1-9(2)11-6-5-7-12-13(11)8-15(10(3)4)14(12)16/h5-7,9-10H,8H2,1-4H3. The van der Waals surface area contributed by atoms with Crippen molar-refractivity contribution in [1.82, 2.24) is 4.90 Å². The maximum Gasteiger partial charge on any atom is 0.254 e. The van der Waals surface area contributed by atoms with Gasteiger partial charge in [-0.3, -0.25) is 4.79 Å². The molecule has 0 spiro atoms. The van der Waals surface area contributed by atoms with Gasteiger partial charge in [0.1, 0.15) is 0 Å². The first-order valence-corrected chi connectivity index (χ1v) is 5.95. The number of benzene rings is 1. The van der Waals surface area contributed by atoms with Crippen LogP contribution in [0.5, 0.6) is 0 Å². The second-order valence-corrected chi connectivity index (χ2v) is 5.05. The summed E-state index contributed by atoms with van der Waals surface area (Å²) in [5.74, 6) is 0.669. The molecule has 0 aliphatic carbocycles. The summed E-state index contributed by atoms with van der Waals surface area (Å²) in [7, 11) is 0. The number of carbonyl (C=O) groups excluding carboxylic acids is 1. The zero-order valence-electron chi connectivity index (χ0n) is 10.4. The Balaban J connectivity index is 2.47. The van der Waals surface area contributed by atoms with Crippen LogP contribution in [0.25, 0.3) is 0 Å². The van der Waals surface area contributed by atoms with Crippen molar-refractivity contribution in [1.29, 1.82) is 0 Å². The normalized spacial score (nSPS) is 15.1. The smallest absolute Gasteiger partial charge is 0.254 e. The largest absolute Gasteiger partial charge is 0.332 e. The topological polar surface area (TPSA) is 20.3 Å². The Labute approximate surface area is 97.3 Å². The van der Waals surface area contributed by atoms with Gasteiger partial charge in [-0.15, -0.1) is 0 Å². The van der Waals surface area contributed by atoms with E-state index in [4.69, 9.17) is 0 Å². The summed E-state index contributed by atoms with van der Waals surface area (Å²) in [6.45, 7) is 9.27. The Bertz CT molecular complexity index is 421. The van der Waals surface area contributed by atoms with Crippen LogP contribution in [0.1, 0.15) is 55.1 Å². The highest BCUT2D eigenvalue weighted by molar-refractivity contribution is 5.99. The highest BCUT2D eigenvalue weighted by Crippen LogP contribution is 2.31. The van der Waals surface area contributed by atoms with E-state index in [1.807, 2.05) is 17.0 Å². The fourth-order valence-electron chi connectivity index (χ4n) is 2.34. The number of rotatable bonds is 2. The van der Waals surface area contributed by atoms with Crippen LogP contribution in [0, 0.1) is 0 Å². The maximum absolute atomic E-state index is 12.1. The van der Waals surface area contributed by atoms with Crippen molar-refractivity contribution in [2.45, 2.75) is 46.2 Å². The predicted octanol–water partition coefficient (Wildman–Crippen LogP) is 3.17. The molecule has 0 saturated heterocycles. The first-order chi connectivity index (χ1) is 7.52. The quantitative estimate of drug-likeness (QED) is 0.745. The number of amides is 1. The van der Waals surface area contributed by atoms with Crippen molar-refractivity contribution in [3.05, 3.63) is 34.9 Å². The summed E-state index contributed by atoms with van der Waals surface area (Å²) in [6, 6.07) is 6.36. The van der Waals surface area contributed by atoms with Crippen LogP contribution in [0.3, 0.4) is 0 Å². The van der Waals surface area contributed by atoms with Gasteiger partial charge in [0.25, 0.3) is 5.91 Å². The Kier molecular flexibility index (Phi) is 2.75. The zero-order chi connectivity index (χ0) is 11.9. The number of hydrogen-bond donors (Lipinski definition) is 0. The van der Waals surface area contributed by atoms with E-state index in [1.165, 1.54) is 11.1 Å². The van der Waals surface area contributed by atoms with Gasteiger partial charge in [0, 0.05) is 18.2 Å². The third-order valence-corrected chi connectivity index (χ3v) is 3.28. The van der Waals surface area contributed by atoms with Gasteiger partial charge in [0.15, 0.2) is 0 Å². The molecule has 1 aliphatic rings. The molecule has 2 heteroatoms. The minimum atomic E-state index is 0.188. The van der Waals surface area contributed by atoms with Gasteiger partial charge in [0.05, 0.1) is 0 Å². The van der Waals surface area contributed by atoms with E-state index < -0.39 is 0 Å². The molecule has 1 heterocycles. The average molecular weight is 217 g/mol. The summed E-state index contributed by atoms with van der Waals surface area (Å²) < 4.78 is 0. The molecular weight excluding hydrogens is 198 g/mol. The van der Waals surface area contributed by atoms with Crippen LogP contribution in [0.4, 0.5) is 0 Å². The molecule has 0 saturated carbocycles. The second kappa shape index (κ2) is 3.93. The lowest BCUT2D eigenvalue weighted by Gasteiger charge is -2.20. The Morgan fingerprint density at radius 2 is 1.88 bits per heavy atom. The summed E-state index contributed by atoms with van der Waals surface area (Å²) in [5.41, 5.74) is 3.45. The lowest BCUT2D eigenvalue weighted by molar-refractivity contribution is 0.0730. The predicted molar refractivity (Wildman–Crippen MR) is 65.5 cm³/mol. The van der Waals surface area contributed by atoms with Crippen molar-refractivity contribution in [3.63, 3.8) is 0 Å². The fraction of sp³-hybridized carbons (Fsp3) is 0.500. The molecule has 0 atom stereocenters. The van der Waals surface area contributed by atoms with Crippen molar-refractivity contribution in [2.75, 3.05) is 0 Å². The Hall–Kier alpha value is -1.31. The van der Waals surface area contributed by atoms with E-state index in [9.17, 15) is 4.79 Å². The third kappa shape index (κ3) is 1.62. The van der Waals surface area contributed by atoms with Gasteiger partial charge >= 0.3 is 0 Å². The number of hydrogen-bond acceptors (Lipinski definition) is 1. The molecule has 1 amide bonds. The summed E-state index contributed by atoms with van der Waals surface area (Å²) in [4.78, 5) is 14.1. The van der Waals surface area contributed by atoms with Crippen LogP contribution in [-0.2, 0) is 6.54 Å². The van der Waals surface area contributed by atoms with Gasteiger partial charge < -0.3 is 4.90 Å². The molecule has 0 fully saturated rings. The Morgan fingerprint density at radius 3 is 2.44 bits per heavy atom. The molecule has 0 bridgehead atoms. The van der Waals surface area contributed by atoms with Crippen LogP contribution in [-0.4, -0.2) is 16.8 Å². The molecule has 16 heavy (non-hydrogen) atoms. The van der Waals surface area contributed by atoms with Crippen LogP contribution in [0.2, 0.25) is 0 Å². The maximum atomic E-state index is 12.1. The van der Waals surface area contributed by atoms with Gasteiger partial charge in [0.2, 0.25) is 0 Å². The van der Waals surface area contributed by atoms with E-state index in [0.29, 0.717) is 5.92 Å². The van der Waals surface area contributed by atoms with Gasteiger partial charge in [-0.2, -0.15) is 0 Å². The number of carbonyl (C=O) groups is 1. The molecule has 0 unspecified atom stereocenters. The van der Waals surface area contributed by atoms with Gasteiger partial charge in [-0.05, 0) is 37.0 Å². The summed E-state index contributed by atoms with van der Waals surface area (Å²) >= 11 is 0. The van der Waals surface area contributed by atoms with Crippen molar-refractivity contribution in [3.8, 4) is 0 Å². The third-order valence-electron chi connectivity index (χ3n) is 3.28. The van der Waals surface area contributed by atoms with Crippen molar-refractivity contribution < 1.29 is 4.79 Å². The minimum Gasteiger partial charge on any atom is -0.332 e. The average Bonchev–Trinajstić information content (AvgIpc) is 2.56. The molecular formula is C14H19NO. The molecule has 2 nitrogen and oxygen atoms in total. The molecule has 0 radical (unpaired) electrons. The zero-order valence-corrected chi connectivity index (χ0v) is 10.4. The lowest BCUT2D eigenvalue weighted by Crippen LogP contribution is -2.30. The summed E-state index contributed by atoms with van der Waals surface area (Å²) in [6.07, 6.45) is 0. The van der Waals surface area contributed by atoms with Crippen molar-refractivity contribution >= 4 is 5.91 Å². The molecule has 2 rings (SSSR count). The SMILES string of the molecule is CC(C)c1cccc2c1CN(C(C)C)C2=O. The van der Waals surface area contributed by atoms with Gasteiger partial charge in [-0.25, -0.2) is 0 Å². The monoisotopic (exact) mass is 217 g/mol. The lowest BCUT2D eigenvalue weighted by atomic mass is 9.95. The molecule has 86 valence electrons. The minimum absolute atomic E-state index is 0.188. The fourth-order valence-corrected chi connectivity index (χ4v) is 2.34. The van der Waals surface area contributed by atoms with E-state index in [1.54, 1.807) is 0 Å². The van der Waals surface area contributed by atoms with E-state index in [-0.39, 0.29) is 11.9 Å². The molecule has 1 aromatic carbocycles. The van der Waals surface area contributed by atoms with E-state index >= 15 is 0 Å². The van der Waals surface area contributed by atoms with E-state index in [0.717, 1.165) is 12.1 Å². The van der Waals surface area contributed by atoms with Gasteiger partial charge in [-0.1, -0.05) is 26.0 Å². The van der Waals surface area contributed by atoms with Crippen LogP contribution in [0.15, 0.2) is 18.2 Å². The number of nitrogens with zero attached hydrogens (tertiary/aromatic N) is 1. The van der Waals surface area contributed by atoms with E-state index in [2.05, 4.69) is 33.8 Å². The Morgan fingerprint density at radius 1 is 1.19 bits per heavy atom. The first kappa shape index (κ1) is 11.2. The van der Waals surface area contributed by atoms with Crippen LogP contribution < -0.4 is 0 Å². The highest BCUT2D eigenvalue weighted by Gasteiger charge is 2.30. The molecule has 0 N–H and O–H groups in total. The highest BCUT2D eigenvalue weighted by atomic mass is 16.2. The molecule has 1 aliphatic heterocycles. The molecule has 0 aromatic heterocycles. The second-order valence-electron chi connectivity index (χ2n) is 5.05. The first-order valence-electron chi connectivity index (χ1n) is 5.95.